The van der Waals surface area contributed by atoms with E-state index in [0.717, 1.165) is 83.3 Å². The molecular formula is C44H51N5O7. The Morgan fingerprint density at radius 2 is 1.52 bits per heavy atom. The molecule has 0 spiro atoms. The van der Waals surface area contributed by atoms with Crippen LogP contribution in [0.4, 0.5) is 0 Å². The molecule has 0 radical (unpaired) electrons. The summed E-state index contributed by atoms with van der Waals surface area (Å²) in [6.07, 6.45) is 4.17. The first-order valence-corrected chi connectivity index (χ1v) is 19.7. The van der Waals surface area contributed by atoms with Crippen LogP contribution in [0.25, 0.3) is 22.2 Å². The van der Waals surface area contributed by atoms with Gasteiger partial charge in [0.2, 0.25) is 11.8 Å². The minimum Gasteiger partial charge on any atom is -0.392 e. The lowest BCUT2D eigenvalue weighted by atomic mass is 9.97. The topological polar surface area (TPSA) is 158 Å². The van der Waals surface area contributed by atoms with Gasteiger partial charge in [-0.1, -0.05) is 79.2 Å². The van der Waals surface area contributed by atoms with Crippen LogP contribution >= 0.6 is 0 Å². The molecule has 0 unspecified atom stereocenters. The number of carbonyl (C=O) groups is 2. The molecule has 294 valence electrons. The number of aromatic nitrogens is 2. The van der Waals surface area contributed by atoms with Crippen LogP contribution < -0.4 is 16.5 Å². The molecule has 2 fully saturated rings. The number of rotatable bonds is 15. The number of piperidine rings is 1. The first-order chi connectivity index (χ1) is 27.4. The number of likely N-dealkylation sites (tertiary alicyclic amines) is 1. The zero-order chi connectivity index (χ0) is 38.9. The molecule has 2 saturated heterocycles. The third-order valence-electron chi connectivity index (χ3n) is 11.0. The maximum Gasteiger partial charge on any atom is 0.326 e. The fourth-order valence-corrected chi connectivity index (χ4v) is 7.94. The highest BCUT2D eigenvalue weighted by Crippen LogP contribution is 2.39. The first kappa shape index (κ1) is 39.1. The molecule has 5 aromatic rings. The number of para-hydroxylation sites is 2. The van der Waals surface area contributed by atoms with Gasteiger partial charge in [0, 0.05) is 57.0 Å². The Bertz CT molecular complexity index is 2140. The molecule has 2 amide bonds. The van der Waals surface area contributed by atoms with Crippen molar-refractivity contribution < 1.29 is 29.4 Å². The Morgan fingerprint density at radius 3 is 2.29 bits per heavy atom. The van der Waals surface area contributed by atoms with Crippen LogP contribution in [0.3, 0.4) is 0 Å². The number of H-pyrrole nitrogens is 1. The van der Waals surface area contributed by atoms with Gasteiger partial charge in [0.1, 0.15) is 0 Å². The molecule has 0 aliphatic carbocycles. The highest BCUT2D eigenvalue weighted by molar-refractivity contribution is 5.76. The normalized spacial score (nSPS) is 19.2. The van der Waals surface area contributed by atoms with Crippen molar-refractivity contribution in [3.8, 4) is 11.1 Å². The van der Waals surface area contributed by atoms with Gasteiger partial charge in [-0.3, -0.25) is 19.4 Å². The van der Waals surface area contributed by atoms with E-state index in [1.807, 2.05) is 77.4 Å². The van der Waals surface area contributed by atoms with Gasteiger partial charge in [0.15, 0.2) is 6.29 Å². The van der Waals surface area contributed by atoms with Gasteiger partial charge in [-0.25, -0.2) is 10.3 Å². The third kappa shape index (κ3) is 9.81. The number of carbonyl (C=O) groups excluding carboxylic acids is 2. The molecule has 3 heterocycles. The van der Waals surface area contributed by atoms with Crippen molar-refractivity contribution in [2.45, 2.75) is 89.1 Å². The van der Waals surface area contributed by atoms with Gasteiger partial charge in [-0.15, -0.1) is 0 Å². The lowest BCUT2D eigenvalue weighted by Gasteiger charge is -2.40. The molecular weight excluding hydrogens is 711 g/mol. The molecule has 5 N–H and O–H groups in total. The maximum atomic E-state index is 12.9. The van der Waals surface area contributed by atoms with Crippen molar-refractivity contribution in [1.82, 2.24) is 25.2 Å². The van der Waals surface area contributed by atoms with E-state index in [4.69, 9.17) is 14.7 Å². The number of hydrogen-bond donors (Lipinski definition) is 5. The summed E-state index contributed by atoms with van der Waals surface area (Å²) in [7, 11) is 0. The molecule has 0 saturated carbocycles. The average molecular weight is 762 g/mol. The Kier molecular flexibility index (Phi) is 13.1. The SMILES string of the molecule is O=C(CCCCCC(=O)NCc1cccc(-c2cccc([C@@H]3O[C@H](CN4CCC(n5c(=O)[nH]c6ccccc65)CC4)C[C@H](c4ccc(CO)cc4)O3)c2)c1)NO. The summed E-state index contributed by atoms with van der Waals surface area (Å²) in [6, 6.07) is 32.3. The van der Waals surface area contributed by atoms with Crippen molar-refractivity contribution in [3.05, 3.63) is 130 Å². The zero-order valence-electron chi connectivity index (χ0n) is 31.6. The predicted molar refractivity (Wildman–Crippen MR) is 212 cm³/mol. The van der Waals surface area contributed by atoms with Crippen LogP contribution in [0, 0.1) is 0 Å². The fraction of sp³-hybridized carbons (Fsp3) is 0.386. The Hall–Kier alpha value is -5.11. The van der Waals surface area contributed by atoms with Gasteiger partial charge in [0.05, 0.1) is 29.8 Å². The maximum absolute atomic E-state index is 12.9. The van der Waals surface area contributed by atoms with E-state index in [9.17, 15) is 19.5 Å². The molecule has 7 rings (SSSR count). The van der Waals surface area contributed by atoms with E-state index in [2.05, 4.69) is 39.5 Å². The lowest BCUT2D eigenvalue weighted by Crippen LogP contribution is -2.43. The number of ether oxygens (including phenoxy) is 2. The number of fused-ring (bicyclic) bond motifs is 1. The summed E-state index contributed by atoms with van der Waals surface area (Å²) in [6.45, 7) is 2.85. The van der Waals surface area contributed by atoms with E-state index in [1.165, 1.54) is 0 Å². The number of nitrogens with zero attached hydrogens (tertiary/aromatic N) is 2. The van der Waals surface area contributed by atoms with Gasteiger partial charge in [-0.05, 0) is 77.8 Å². The predicted octanol–water partition coefficient (Wildman–Crippen LogP) is 6.44. The van der Waals surface area contributed by atoms with Crippen molar-refractivity contribution in [3.63, 3.8) is 0 Å². The van der Waals surface area contributed by atoms with Gasteiger partial charge in [-0.2, -0.15) is 0 Å². The van der Waals surface area contributed by atoms with Gasteiger partial charge in [0.25, 0.3) is 0 Å². The monoisotopic (exact) mass is 761 g/mol. The first-order valence-electron chi connectivity index (χ1n) is 19.7. The zero-order valence-corrected chi connectivity index (χ0v) is 31.6. The molecule has 0 bridgehead atoms. The fourth-order valence-electron chi connectivity index (χ4n) is 7.94. The standard InChI is InChI=1S/C44H51N5O7/c50-29-30-16-18-32(19-17-30)40-26-37(28-48-22-20-36(21-23-48)49-39-13-5-4-12-38(39)46-44(49)53)55-43(56-40)35-11-7-10-34(25-35)33-9-6-8-31(24-33)27-45-41(51)14-2-1-3-15-42(52)47-54/h4-13,16-19,24-25,36-37,40,43,50,54H,1-3,14-15,20-23,26-29H2,(H,45,51)(H,46,53)(H,47,52)/t37-,40+,43+/m0/s1. The summed E-state index contributed by atoms with van der Waals surface area (Å²) < 4.78 is 15.4. The Labute approximate surface area is 326 Å². The second-order valence-electron chi connectivity index (χ2n) is 14.9. The number of amides is 2. The van der Waals surface area contributed by atoms with E-state index < -0.39 is 12.2 Å². The number of hydrogen-bond acceptors (Lipinski definition) is 8. The quantitative estimate of drug-likeness (QED) is 0.0463. The Balaban J connectivity index is 1.01. The highest BCUT2D eigenvalue weighted by atomic mass is 16.7. The molecule has 2 aliphatic heterocycles. The summed E-state index contributed by atoms with van der Waals surface area (Å²) in [5.74, 6) is -0.456. The minimum absolute atomic E-state index is 0.0177. The van der Waals surface area contributed by atoms with Crippen LogP contribution in [-0.4, -0.2) is 62.3 Å². The Morgan fingerprint density at radius 1 is 0.786 bits per heavy atom. The van der Waals surface area contributed by atoms with E-state index in [0.29, 0.717) is 32.2 Å². The summed E-state index contributed by atoms with van der Waals surface area (Å²) >= 11 is 0. The number of imidazole rings is 1. The van der Waals surface area contributed by atoms with Crippen molar-refractivity contribution in [1.29, 1.82) is 0 Å². The minimum atomic E-state index is -0.598. The van der Waals surface area contributed by atoms with Crippen LogP contribution in [0.5, 0.6) is 0 Å². The second-order valence-corrected chi connectivity index (χ2v) is 14.9. The van der Waals surface area contributed by atoms with Crippen molar-refractivity contribution >= 4 is 22.8 Å². The number of aromatic amines is 1. The lowest BCUT2D eigenvalue weighted by molar-refractivity contribution is -0.253. The summed E-state index contributed by atoms with van der Waals surface area (Å²) in [4.78, 5) is 42.0. The molecule has 56 heavy (non-hydrogen) atoms. The van der Waals surface area contributed by atoms with Crippen LogP contribution in [-0.2, 0) is 32.2 Å². The van der Waals surface area contributed by atoms with Crippen LogP contribution in [0.1, 0.15) is 92.1 Å². The summed E-state index contributed by atoms with van der Waals surface area (Å²) in [5.41, 5.74) is 9.21. The molecule has 12 nitrogen and oxygen atoms in total. The molecule has 3 atom stereocenters. The number of nitrogens with one attached hydrogen (secondary N) is 3. The molecule has 12 heteroatoms. The van der Waals surface area contributed by atoms with E-state index in [1.54, 1.807) is 5.48 Å². The molecule has 1 aromatic heterocycles. The number of aliphatic hydroxyl groups excluding tert-OH is 1. The van der Waals surface area contributed by atoms with Gasteiger partial charge >= 0.3 is 5.69 Å². The number of hydroxylamine groups is 1. The van der Waals surface area contributed by atoms with Crippen LogP contribution in [0.15, 0.2) is 102 Å². The highest BCUT2D eigenvalue weighted by Gasteiger charge is 2.34. The van der Waals surface area contributed by atoms with E-state index >= 15 is 0 Å². The average Bonchev–Trinajstić information content (AvgIpc) is 3.58. The number of benzene rings is 4. The van der Waals surface area contributed by atoms with Crippen LogP contribution in [0.2, 0.25) is 0 Å². The van der Waals surface area contributed by atoms with Gasteiger partial charge < -0.3 is 29.8 Å². The second kappa shape index (κ2) is 18.7. The van der Waals surface area contributed by atoms with E-state index in [-0.39, 0.29) is 42.9 Å². The molecule has 2 aliphatic rings. The third-order valence-corrected chi connectivity index (χ3v) is 11.0. The smallest absolute Gasteiger partial charge is 0.326 e. The molecule has 4 aromatic carbocycles. The number of aliphatic hydroxyl groups is 1. The number of unbranched alkanes of at least 4 members (excludes halogenated alkanes) is 2. The van der Waals surface area contributed by atoms with Crippen molar-refractivity contribution in [2.75, 3.05) is 19.6 Å². The van der Waals surface area contributed by atoms with Crippen molar-refractivity contribution in [2.24, 2.45) is 0 Å². The summed E-state index contributed by atoms with van der Waals surface area (Å²) in [5, 5.41) is 21.3. The largest absolute Gasteiger partial charge is 0.392 e.